The van der Waals surface area contributed by atoms with E-state index in [-0.39, 0.29) is 11.9 Å². The van der Waals surface area contributed by atoms with Gasteiger partial charge >= 0.3 is 5.97 Å². The monoisotopic (exact) mass is 401 g/mol. The van der Waals surface area contributed by atoms with Crippen LogP contribution >= 0.6 is 22.6 Å². The van der Waals surface area contributed by atoms with Gasteiger partial charge in [0.2, 0.25) is 0 Å². The fraction of sp³-hybridized carbons (Fsp3) is 0.500. The summed E-state index contributed by atoms with van der Waals surface area (Å²) in [6, 6.07) is 5.23. The van der Waals surface area contributed by atoms with Crippen molar-refractivity contribution in [3.8, 4) is 0 Å². The Morgan fingerprint density at radius 2 is 1.90 bits per heavy atom. The second-order valence-electron chi connectivity index (χ2n) is 5.36. The third kappa shape index (κ3) is 3.75. The lowest BCUT2D eigenvalue weighted by molar-refractivity contribution is 0.0525. The molecule has 5 heteroatoms. The molecule has 1 aliphatic heterocycles. The Hall–Kier alpha value is -1.11. The molecule has 1 aliphatic rings. The summed E-state index contributed by atoms with van der Waals surface area (Å²) in [5.74, 6) is 0.320. The second-order valence-corrected chi connectivity index (χ2v) is 6.44. The molecule has 2 rings (SSSR count). The maximum atomic E-state index is 12.6. The highest BCUT2D eigenvalue weighted by atomic mass is 127. The van der Waals surface area contributed by atoms with Gasteiger partial charge in [0.05, 0.1) is 17.7 Å². The molecule has 1 aromatic carbocycles. The summed E-state index contributed by atoms with van der Waals surface area (Å²) in [4.78, 5) is 26.4. The lowest BCUT2D eigenvalue weighted by atomic mass is 9.98. The minimum absolute atomic E-state index is 0.0115. The molecule has 0 radical (unpaired) electrons. The highest BCUT2D eigenvalue weighted by molar-refractivity contribution is 14.1. The minimum Gasteiger partial charge on any atom is -0.462 e. The molecule has 0 aliphatic carbocycles. The van der Waals surface area contributed by atoms with Crippen LogP contribution in [-0.4, -0.2) is 36.5 Å². The molecule has 0 aromatic heterocycles. The fourth-order valence-corrected chi connectivity index (χ4v) is 3.26. The van der Waals surface area contributed by atoms with Gasteiger partial charge in [0.1, 0.15) is 0 Å². The molecule has 1 aromatic rings. The van der Waals surface area contributed by atoms with Crippen LogP contribution in [0.2, 0.25) is 0 Å². The van der Waals surface area contributed by atoms with Gasteiger partial charge in [-0.2, -0.15) is 0 Å². The maximum absolute atomic E-state index is 12.6. The molecular weight excluding hydrogens is 381 g/mol. The van der Waals surface area contributed by atoms with Gasteiger partial charge in [-0.15, -0.1) is 0 Å². The zero-order valence-electron chi connectivity index (χ0n) is 12.4. The van der Waals surface area contributed by atoms with Gasteiger partial charge in [0.25, 0.3) is 5.91 Å². The van der Waals surface area contributed by atoms with E-state index in [1.54, 1.807) is 25.1 Å². The molecule has 1 amide bonds. The van der Waals surface area contributed by atoms with Crippen LogP contribution in [0.5, 0.6) is 0 Å². The molecular formula is C16H20INO3. The molecule has 1 heterocycles. The van der Waals surface area contributed by atoms with Gasteiger partial charge in [-0.05, 0) is 60.4 Å². The largest absolute Gasteiger partial charge is 0.462 e. The van der Waals surface area contributed by atoms with Crippen LogP contribution in [0, 0.1) is 9.49 Å². The van der Waals surface area contributed by atoms with Gasteiger partial charge in [-0.3, -0.25) is 4.79 Å². The van der Waals surface area contributed by atoms with Crippen molar-refractivity contribution < 1.29 is 14.3 Å². The highest BCUT2D eigenvalue weighted by Gasteiger charge is 2.24. The molecule has 0 saturated carbocycles. The molecule has 0 spiro atoms. The van der Waals surface area contributed by atoms with Gasteiger partial charge in [0.15, 0.2) is 0 Å². The summed E-state index contributed by atoms with van der Waals surface area (Å²) in [6.07, 6.45) is 2.08. The Balaban J connectivity index is 2.21. The number of amides is 1. The summed E-state index contributed by atoms with van der Waals surface area (Å²) in [5, 5.41) is 0. The number of halogens is 1. The Morgan fingerprint density at radius 1 is 1.29 bits per heavy atom. The van der Waals surface area contributed by atoms with Gasteiger partial charge in [-0.1, -0.05) is 13.0 Å². The highest BCUT2D eigenvalue weighted by Crippen LogP contribution is 2.23. The summed E-state index contributed by atoms with van der Waals surface area (Å²) < 4.78 is 5.71. The number of piperidine rings is 1. The third-order valence-corrected chi connectivity index (χ3v) is 4.96. The first-order chi connectivity index (χ1) is 10.0. The molecule has 0 atom stereocenters. The van der Waals surface area contributed by atoms with Crippen LogP contribution in [0.1, 0.15) is 47.4 Å². The molecule has 0 bridgehead atoms. The van der Waals surface area contributed by atoms with Crippen LogP contribution in [0.25, 0.3) is 0 Å². The lowest BCUT2D eigenvalue weighted by Gasteiger charge is -2.30. The first-order valence-electron chi connectivity index (χ1n) is 7.29. The van der Waals surface area contributed by atoms with Crippen LogP contribution in [-0.2, 0) is 4.74 Å². The average molecular weight is 401 g/mol. The number of ether oxygens (including phenoxy) is 1. The molecule has 0 unspecified atom stereocenters. The van der Waals surface area contributed by atoms with E-state index in [2.05, 4.69) is 29.5 Å². The number of carbonyl (C=O) groups excluding carboxylic acids is 2. The Morgan fingerprint density at radius 3 is 2.52 bits per heavy atom. The van der Waals surface area contributed by atoms with E-state index in [0.29, 0.717) is 27.2 Å². The van der Waals surface area contributed by atoms with Crippen molar-refractivity contribution in [3.63, 3.8) is 0 Å². The molecule has 114 valence electrons. The van der Waals surface area contributed by atoms with Crippen molar-refractivity contribution in [2.24, 2.45) is 5.92 Å². The third-order valence-electron chi connectivity index (χ3n) is 3.80. The van der Waals surface area contributed by atoms with E-state index in [4.69, 9.17) is 4.74 Å². The number of nitrogens with zero attached hydrogens (tertiary/aromatic N) is 1. The number of esters is 1. The predicted octanol–water partition coefficient (Wildman–Crippen LogP) is 3.34. The van der Waals surface area contributed by atoms with Gasteiger partial charge < -0.3 is 9.64 Å². The first kappa shape index (κ1) is 16.3. The van der Waals surface area contributed by atoms with Crippen molar-refractivity contribution in [3.05, 3.63) is 32.9 Å². The number of benzene rings is 1. The number of hydrogen-bond acceptors (Lipinski definition) is 3. The van der Waals surface area contributed by atoms with Crippen molar-refractivity contribution in [2.45, 2.75) is 26.7 Å². The summed E-state index contributed by atoms with van der Waals surface area (Å²) in [7, 11) is 0. The van der Waals surface area contributed by atoms with E-state index >= 15 is 0 Å². The zero-order chi connectivity index (χ0) is 15.4. The zero-order valence-corrected chi connectivity index (χ0v) is 14.6. The van der Waals surface area contributed by atoms with Crippen molar-refractivity contribution in [1.82, 2.24) is 4.90 Å². The van der Waals surface area contributed by atoms with Crippen LogP contribution in [0.3, 0.4) is 0 Å². The minimum atomic E-state index is -0.371. The van der Waals surface area contributed by atoms with Crippen LogP contribution in [0.15, 0.2) is 18.2 Å². The summed E-state index contributed by atoms with van der Waals surface area (Å²) in [6.45, 7) is 5.90. The number of carbonyl (C=O) groups is 2. The van der Waals surface area contributed by atoms with Crippen molar-refractivity contribution in [2.75, 3.05) is 19.7 Å². The maximum Gasteiger partial charge on any atom is 0.339 e. The second kappa shape index (κ2) is 7.24. The quantitative estimate of drug-likeness (QED) is 0.577. The Bertz CT molecular complexity index is 536. The molecule has 0 N–H and O–H groups in total. The molecule has 4 nitrogen and oxygen atoms in total. The lowest BCUT2D eigenvalue weighted by Crippen LogP contribution is -2.38. The molecule has 1 fully saturated rings. The smallest absolute Gasteiger partial charge is 0.339 e. The van der Waals surface area contributed by atoms with Crippen molar-refractivity contribution >= 4 is 34.5 Å². The Kier molecular flexibility index (Phi) is 5.61. The van der Waals surface area contributed by atoms with Crippen LogP contribution < -0.4 is 0 Å². The fourth-order valence-electron chi connectivity index (χ4n) is 2.45. The molecule has 21 heavy (non-hydrogen) atoms. The standard InChI is InChI=1S/C16H20INO3/c1-3-21-16(20)13-6-4-5-12(14(13)17)15(19)18-9-7-11(2)8-10-18/h4-6,11H,3,7-10H2,1-2H3. The molecule has 1 saturated heterocycles. The van der Waals surface area contributed by atoms with Crippen LogP contribution in [0.4, 0.5) is 0 Å². The topological polar surface area (TPSA) is 46.6 Å². The number of rotatable bonds is 3. The van der Waals surface area contributed by atoms with Gasteiger partial charge in [-0.25, -0.2) is 4.79 Å². The van der Waals surface area contributed by atoms with Crippen molar-refractivity contribution in [1.29, 1.82) is 0 Å². The van der Waals surface area contributed by atoms with E-state index < -0.39 is 0 Å². The van der Waals surface area contributed by atoms with E-state index in [9.17, 15) is 9.59 Å². The average Bonchev–Trinajstić information content (AvgIpc) is 2.48. The van der Waals surface area contributed by atoms with E-state index in [1.807, 2.05) is 4.90 Å². The SMILES string of the molecule is CCOC(=O)c1cccc(C(=O)N2CCC(C)CC2)c1I. The number of hydrogen-bond donors (Lipinski definition) is 0. The van der Waals surface area contributed by atoms with E-state index in [0.717, 1.165) is 25.9 Å². The van der Waals surface area contributed by atoms with Gasteiger partial charge in [0, 0.05) is 16.7 Å². The summed E-state index contributed by atoms with van der Waals surface area (Å²) in [5.41, 5.74) is 1.06. The van der Waals surface area contributed by atoms with E-state index in [1.165, 1.54) is 0 Å². The predicted molar refractivity (Wildman–Crippen MR) is 89.4 cm³/mol. The Labute approximate surface area is 139 Å². The normalized spacial score (nSPS) is 15.9. The number of likely N-dealkylation sites (tertiary alicyclic amines) is 1. The first-order valence-corrected chi connectivity index (χ1v) is 8.37. The summed E-state index contributed by atoms with van der Waals surface area (Å²) >= 11 is 2.06.